The molecule has 0 bridgehead atoms. The van der Waals surface area contributed by atoms with E-state index in [4.69, 9.17) is 0 Å². The molecule has 1 aliphatic heterocycles. The third kappa shape index (κ3) is 4.09. The zero-order valence-corrected chi connectivity index (χ0v) is 13.5. The number of aromatic nitrogens is 3. The van der Waals surface area contributed by atoms with Gasteiger partial charge in [-0.25, -0.2) is 14.5 Å². The Balaban J connectivity index is 1.51. The van der Waals surface area contributed by atoms with Gasteiger partial charge in [0, 0.05) is 19.1 Å². The largest absolute Gasteiger partial charge is 0.334 e. The lowest BCUT2D eigenvalue weighted by atomic mass is 10.0. The summed E-state index contributed by atoms with van der Waals surface area (Å²) < 4.78 is 1.79. The summed E-state index contributed by atoms with van der Waals surface area (Å²) in [6, 6.07) is 8.61. The number of hydrogen-bond acceptors (Lipinski definition) is 3. The van der Waals surface area contributed by atoms with Gasteiger partial charge in [-0.2, -0.15) is 5.10 Å². The van der Waals surface area contributed by atoms with E-state index in [-0.39, 0.29) is 6.03 Å². The SMILES string of the molecule is CC1CCCCN1C(=O)NCc1ccc(Cn2cncn2)cc1. The number of urea groups is 1. The monoisotopic (exact) mass is 313 g/mol. The van der Waals surface area contributed by atoms with Crippen molar-refractivity contribution in [2.24, 2.45) is 0 Å². The summed E-state index contributed by atoms with van der Waals surface area (Å²) in [5.74, 6) is 0. The van der Waals surface area contributed by atoms with E-state index in [1.54, 1.807) is 11.0 Å². The van der Waals surface area contributed by atoms with Crippen LogP contribution in [0.25, 0.3) is 0 Å². The van der Waals surface area contributed by atoms with Crippen LogP contribution >= 0.6 is 0 Å². The molecule has 0 radical (unpaired) electrons. The van der Waals surface area contributed by atoms with Crippen LogP contribution in [0.5, 0.6) is 0 Å². The lowest BCUT2D eigenvalue weighted by Gasteiger charge is -2.33. The van der Waals surface area contributed by atoms with Gasteiger partial charge in [0.1, 0.15) is 12.7 Å². The van der Waals surface area contributed by atoms with Crippen molar-refractivity contribution in [1.29, 1.82) is 0 Å². The number of nitrogens with one attached hydrogen (secondary N) is 1. The topological polar surface area (TPSA) is 63.1 Å². The minimum absolute atomic E-state index is 0.0453. The Bertz CT molecular complexity index is 623. The molecule has 2 heterocycles. The standard InChI is InChI=1S/C17H23N5O/c1-14-4-2-3-9-22(14)17(23)19-10-15-5-7-16(8-6-15)11-21-13-18-12-20-21/h5-8,12-14H,2-4,9-11H2,1H3,(H,19,23). The number of carbonyl (C=O) groups is 1. The molecule has 122 valence electrons. The number of likely N-dealkylation sites (tertiary alicyclic amines) is 1. The molecule has 23 heavy (non-hydrogen) atoms. The molecule has 1 N–H and O–H groups in total. The molecule has 2 amide bonds. The van der Waals surface area contributed by atoms with E-state index in [2.05, 4.69) is 34.5 Å². The first-order chi connectivity index (χ1) is 11.2. The van der Waals surface area contributed by atoms with Crippen molar-refractivity contribution in [3.8, 4) is 0 Å². The number of rotatable bonds is 4. The average molecular weight is 313 g/mol. The molecule has 3 rings (SSSR count). The molecule has 2 aromatic rings. The molecule has 6 heteroatoms. The van der Waals surface area contributed by atoms with Crippen LogP contribution in [0.15, 0.2) is 36.9 Å². The molecule has 1 aromatic carbocycles. The highest BCUT2D eigenvalue weighted by atomic mass is 16.2. The van der Waals surface area contributed by atoms with E-state index in [1.807, 2.05) is 17.0 Å². The first-order valence-electron chi connectivity index (χ1n) is 8.17. The summed E-state index contributed by atoms with van der Waals surface area (Å²) in [4.78, 5) is 18.1. The first-order valence-corrected chi connectivity index (χ1v) is 8.17. The van der Waals surface area contributed by atoms with E-state index in [0.717, 1.165) is 30.5 Å². The fraction of sp³-hybridized carbons (Fsp3) is 0.471. The van der Waals surface area contributed by atoms with Crippen LogP contribution in [-0.2, 0) is 13.1 Å². The van der Waals surface area contributed by atoms with Crippen LogP contribution in [-0.4, -0.2) is 38.3 Å². The van der Waals surface area contributed by atoms with Crippen LogP contribution in [0.3, 0.4) is 0 Å². The highest BCUT2D eigenvalue weighted by Crippen LogP contribution is 2.16. The van der Waals surface area contributed by atoms with Gasteiger partial charge in [0.15, 0.2) is 0 Å². The summed E-state index contributed by atoms with van der Waals surface area (Å²) >= 11 is 0. The summed E-state index contributed by atoms with van der Waals surface area (Å²) in [6.45, 7) is 4.26. The van der Waals surface area contributed by atoms with E-state index < -0.39 is 0 Å². The average Bonchev–Trinajstić information content (AvgIpc) is 3.07. The molecule has 1 unspecified atom stereocenters. The van der Waals surface area contributed by atoms with Gasteiger partial charge in [-0.3, -0.25) is 0 Å². The number of hydrogen-bond donors (Lipinski definition) is 1. The summed E-state index contributed by atoms with van der Waals surface area (Å²) in [5, 5.41) is 7.12. The van der Waals surface area contributed by atoms with Crippen LogP contribution in [0.2, 0.25) is 0 Å². The van der Waals surface area contributed by atoms with E-state index >= 15 is 0 Å². The second kappa shape index (κ2) is 7.26. The molecule has 0 saturated carbocycles. The van der Waals surface area contributed by atoms with Crippen molar-refractivity contribution in [3.63, 3.8) is 0 Å². The normalized spacial score (nSPS) is 18.0. The van der Waals surface area contributed by atoms with Crippen LogP contribution in [0.1, 0.15) is 37.3 Å². The predicted molar refractivity (Wildman–Crippen MR) is 87.8 cm³/mol. The Morgan fingerprint density at radius 2 is 2.04 bits per heavy atom. The molecule has 0 spiro atoms. The number of amides is 2. The fourth-order valence-electron chi connectivity index (χ4n) is 2.94. The van der Waals surface area contributed by atoms with Crippen molar-refractivity contribution >= 4 is 6.03 Å². The van der Waals surface area contributed by atoms with Gasteiger partial charge in [0.25, 0.3) is 0 Å². The maximum absolute atomic E-state index is 12.3. The summed E-state index contributed by atoms with van der Waals surface area (Å²) in [6.07, 6.45) is 6.66. The van der Waals surface area contributed by atoms with Crippen LogP contribution in [0, 0.1) is 0 Å². The minimum Gasteiger partial charge on any atom is -0.334 e. The maximum atomic E-state index is 12.3. The quantitative estimate of drug-likeness (QED) is 0.943. The molecule has 1 saturated heterocycles. The lowest BCUT2D eigenvalue weighted by Crippen LogP contribution is -2.47. The molecule has 1 atom stereocenters. The summed E-state index contributed by atoms with van der Waals surface area (Å²) in [5.41, 5.74) is 2.26. The first kappa shape index (κ1) is 15.5. The highest BCUT2D eigenvalue weighted by Gasteiger charge is 2.22. The van der Waals surface area contributed by atoms with Crippen molar-refractivity contribution in [2.45, 2.75) is 45.3 Å². The second-order valence-corrected chi connectivity index (χ2v) is 6.11. The van der Waals surface area contributed by atoms with E-state index in [9.17, 15) is 4.79 Å². The minimum atomic E-state index is 0.0453. The molecule has 0 aliphatic carbocycles. The number of benzene rings is 1. The maximum Gasteiger partial charge on any atom is 0.317 e. The van der Waals surface area contributed by atoms with Crippen molar-refractivity contribution in [1.82, 2.24) is 25.0 Å². The van der Waals surface area contributed by atoms with Crippen molar-refractivity contribution < 1.29 is 4.79 Å². The smallest absolute Gasteiger partial charge is 0.317 e. The van der Waals surface area contributed by atoms with Gasteiger partial charge >= 0.3 is 6.03 Å². The Labute approximate surface area is 136 Å². The Kier molecular flexibility index (Phi) is 4.90. The number of carbonyl (C=O) groups excluding carboxylic acids is 1. The molecule has 1 aromatic heterocycles. The molecule has 1 aliphatic rings. The fourth-order valence-corrected chi connectivity index (χ4v) is 2.94. The molecule has 1 fully saturated rings. The highest BCUT2D eigenvalue weighted by molar-refractivity contribution is 5.74. The van der Waals surface area contributed by atoms with Gasteiger partial charge < -0.3 is 10.2 Å². The van der Waals surface area contributed by atoms with Crippen molar-refractivity contribution in [3.05, 3.63) is 48.0 Å². The third-order valence-corrected chi connectivity index (χ3v) is 4.34. The van der Waals surface area contributed by atoms with Gasteiger partial charge in [-0.05, 0) is 37.3 Å². The number of piperidine rings is 1. The molecular formula is C17H23N5O. The molecule has 6 nitrogen and oxygen atoms in total. The van der Waals surface area contributed by atoms with Gasteiger partial charge in [-0.15, -0.1) is 0 Å². The Hall–Kier alpha value is -2.37. The van der Waals surface area contributed by atoms with E-state index in [0.29, 0.717) is 19.1 Å². The van der Waals surface area contributed by atoms with Crippen molar-refractivity contribution in [2.75, 3.05) is 6.54 Å². The van der Waals surface area contributed by atoms with Crippen LogP contribution in [0.4, 0.5) is 4.79 Å². The Morgan fingerprint density at radius 1 is 1.26 bits per heavy atom. The molecular weight excluding hydrogens is 290 g/mol. The zero-order valence-electron chi connectivity index (χ0n) is 13.5. The second-order valence-electron chi connectivity index (χ2n) is 6.11. The van der Waals surface area contributed by atoms with Crippen LogP contribution < -0.4 is 5.32 Å². The lowest BCUT2D eigenvalue weighted by molar-refractivity contribution is 0.158. The Morgan fingerprint density at radius 3 is 2.74 bits per heavy atom. The third-order valence-electron chi connectivity index (χ3n) is 4.34. The van der Waals surface area contributed by atoms with Gasteiger partial charge in [0.2, 0.25) is 0 Å². The zero-order chi connectivity index (χ0) is 16.1. The van der Waals surface area contributed by atoms with Gasteiger partial charge in [-0.1, -0.05) is 24.3 Å². The van der Waals surface area contributed by atoms with Gasteiger partial charge in [0.05, 0.1) is 6.54 Å². The number of nitrogens with zero attached hydrogens (tertiary/aromatic N) is 4. The van der Waals surface area contributed by atoms with E-state index in [1.165, 1.54) is 12.7 Å². The summed E-state index contributed by atoms with van der Waals surface area (Å²) in [7, 11) is 0. The predicted octanol–water partition coefficient (Wildman–Crippen LogP) is 2.41.